The molecule has 0 aliphatic carbocycles. The molecule has 3 aromatic rings. The first-order valence-corrected chi connectivity index (χ1v) is 12.4. The number of hydrogen-bond acceptors (Lipinski definition) is 4. The van der Waals surface area contributed by atoms with E-state index < -0.39 is 0 Å². The molecule has 0 atom stereocenters. The highest BCUT2D eigenvalue weighted by molar-refractivity contribution is 5.72. The van der Waals surface area contributed by atoms with Crippen LogP contribution in [0.15, 0.2) is 61.3 Å². The number of rotatable bonds is 7. The fraction of sp³-hybridized carbons (Fsp3) is 0.290. The highest BCUT2D eigenvalue weighted by Crippen LogP contribution is 2.34. The second-order valence-corrected chi connectivity index (χ2v) is 9.75. The zero-order chi connectivity index (χ0) is 25.1. The maximum Gasteiger partial charge on any atom is 0.0904 e. The van der Waals surface area contributed by atoms with Gasteiger partial charge in [0.05, 0.1) is 12.4 Å². The molecule has 3 N–H and O–H groups in total. The lowest BCUT2D eigenvalue weighted by Gasteiger charge is -2.27. The monoisotopic (exact) mass is 466 g/mol. The van der Waals surface area contributed by atoms with Gasteiger partial charge in [0.25, 0.3) is 0 Å². The summed E-state index contributed by atoms with van der Waals surface area (Å²) >= 11 is 0. The lowest BCUT2D eigenvalue weighted by molar-refractivity contribution is 0.886. The predicted octanol–water partition coefficient (Wildman–Crippen LogP) is 6.20. The number of nitrogens with one attached hydrogen (secondary N) is 1. The smallest absolute Gasteiger partial charge is 0.0904 e. The molecule has 4 heteroatoms. The van der Waals surface area contributed by atoms with Crippen molar-refractivity contribution in [2.45, 2.75) is 41.2 Å². The van der Waals surface area contributed by atoms with E-state index in [4.69, 9.17) is 5.73 Å². The van der Waals surface area contributed by atoms with Crippen molar-refractivity contribution in [2.75, 3.05) is 29.6 Å². The van der Waals surface area contributed by atoms with Crippen LogP contribution >= 0.6 is 0 Å². The van der Waals surface area contributed by atoms with Crippen LogP contribution in [0.4, 0.5) is 11.4 Å². The maximum absolute atomic E-state index is 6.04. The van der Waals surface area contributed by atoms with Gasteiger partial charge in [-0.15, -0.1) is 0 Å². The third-order valence-electron chi connectivity index (χ3n) is 6.92. The zero-order valence-electron chi connectivity index (χ0n) is 21.8. The van der Waals surface area contributed by atoms with Crippen LogP contribution in [-0.2, 0) is 6.54 Å². The highest BCUT2D eigenvalue weighted by Gasteiger charge is 2.25. The van der Waals surface area contributed by atoms with Crippen LogP contribution < -0.4 is 20.9 Å². The standard InChI is InChI=1S/C31H38N4/c1-7-26-8-10-27(11-9-26)19-33-29(18-32)28-16-24(5)31(25(6)17-28)35-13-12-34(20-35)30-22(3)14-21(2)15-23(30)4/h7-11,14-18,33H,1,12-13,19-20,32H2,2-6H3/b29-18-. The summed E-state index contributed by atoms with van der Waals surface area (Å²) in [6.45, 7) is 18.5. The van der Waals surface area contributed by atoms with Crippen LogP contribution in [0.2, 0.25) is 0 Å². The van der Waals surface area contributed by atoms with Crippen LogP contribution in [0.1, 0.15) is 44.5 Å². The molecule has 1 aliphatic rings. The summed E-state index contributed by atoms with van der Waals surface area (Å²) in [5.74, 6) is 0. The molecule has 0 spiro atoms. The molecule has 35 heavy (non-hydrogen) atoms. The van der Waals surface area contributed by atoms with Crippen molar-refractivity contribution >= 4 is 23.1 Å². The quantitative estimate of drug-likeness (QED) is 0.435. The Morgan fingerprint density at radius 1 is 0.857 bits per heavy atom. The summed E-state index contributed by atoms with van der Waals surface area (Å²) in [4.78, 5) is 5.02. The summed E-state index contributed by atoms with van der Waals surface area (Å²) in [5.41, 5.74) is 19.7. The Kier molecular flexibility index (Phi) is 7.20. The van der Waals surface area contributed by atoms with Crippen LogP contribution in [-0.4, -0.2) is 19.8 Å². The van der Waals surface area contributed by atoms with Crippen molar-refractivity contribution in [3.05, 3.63) is 106 Å². The van der Waals surface area contributed by atoms with Crippen LogP contribution in [0.3, 0.4) is 0 Å². The van der Waals surface area contributed by atoms with Gasteiger partial charge in [-0.25, -0.2) is 0 Å². The molecule has 4 rings (SSSR count). The minimum Gasteiger partial charge on any atom is -0.403 e. The van der Waals surface area contributed by atoms with E-state index in [9.17, 15) is 0 Å². The molecular formula is C31H38N4. The number of hydrogen-bond donors (Lipinski definition) is 2. The average molecular weight is 467 g/mol. The molecule has 182 valence electrons. The van der Waals surface area contributed by atoms with E-state index in [1.807, 2.05) is 6.08 Å². The zero-order valence-corrected chi connectivity index (χ0v) is 21.8. The molecule has 3 aromatic carbocycles. The largest absolute Gasteiger partial charge is 0.403 e. The molecule has 1 aliphatic heterocycles. The lowest BCUT2D eigenvalue weighted by Crippen LogP contribution is -2.27. The molecule has 1 saturated heterocycles. The highest BCUT2D eigenvalue weighted by atomic mass is 15.4. The molecule has 1 heterocycles. The van der Waals surface area contributed by atoms with Crippen molar-refractivity contribution < 1.29 is 0 Å². The molecule has 1 fully saturated rings. The minimum atomic E-state index is 0.719. The van der Waals surface area contributed by atoms with Crippen LogP contribution in [0.25, 0.3) is 11.8 Å². The van der Waals surface area contributed by atoms with Crippen molar-refractivity contribution in [3.8, 4) is 0 Å². The van der Waals surface area contributed by atoms with Gasteiger partial charge >= 0.3 is 0 Å². The van der Waals surface area contributed by atoms with E-state index >= 15 is 0 Å². The van der Waals surface area contributed by atoms with E-state index in [-0.39, 0.29) is 0 Å². The van der Waals surface area contributed by atoms with Crippen molar-refractivity contribution in [2.24, 2.45) is 5.73 Å². The van der Waals surface area contributed by atoms with Crippen molar-refractivity contribution in [3.63, 3.8) is 0 Å². The first kappa shape index (κ1) is 24.5. The Labute approximate surface area is 210 Å². The van der Waals surface area contributed by atoms with Gasteiger partial charge in [-0.1, -0.05) is 54.6 Å². The molecule has 0 bridgehead atoms. The van der Waals surface area contributed by atoms with Gasteiger partial charge < -0.3 is 20.9 Å². The number of nitrogens with two attached hydrogens (primary N) is 1. The van der Waals surface area contributed by atoms with E-state index in [1.165, 1.54) is 44.8 Å². The first-order valence-electron chi connectivity index (χ1n) is 12.4. The third-order valence-corrected chi connectivity index (χ3v) is 6.92. The number of benzene rings is 3. The second kappa shape index (κ2) is 10.3. The second-order valence-electron chi connectivity index (χ2n) is 9.75. The molecule has 0 saturated carbocycles. The van der Waals surface area contributed by atoms with Gasteiger partial charge in [0.2, 0.25) is 0 Å². The van der Waals surface area contributed by atoms with Gasteiger partial charge in [-0.05, 0) is 85.7 Å². The van der Waals surface area contributed by atoms with Gasteiger partial charge in [0, 0.05) is 37.2 Å². The maximum atomic E-state index is 6.04. The average Bonchev–Trinajstić information content (AvgIpc) is 3.27. The van der Waals surface area contributed by atoms with E-state index in [0.717, 1.165) is 43.1 Å². The SMILES string of the molecule is C=Cc1ccc(CN/C(=C\N)c2cc(C)c(N3CCN(c4c(C)cc(C)cc4C)C3)c(C)c2)cc1. The van der Waals surface area contributed by atoms with E-state index in [2.05, 4.69) is 105 Å². The molecule has 0 unspecified atom stereocenters. The van der Waals surface area contributed by atoms with Crippen LogP contribution in [0.5, 0.6) is 0 Å². The third kappa shape index (κ3) is 5.22. The minimum absolute atomic E-state index is 0.719. The molecule has 4 nitrogen and oxygen atoms in total. The summed E-state index contributed by atoms with van der Waals surface area (Å²) in [7, 11) is 0. The Morgan fingerprint density at radius 3 is 1.86 bits per heavy atom. The van der Waals surface area contributed by atoms with E-state index in [0.29, 0.717) is 0 Å². The van der Waals surface area contributed by atoms with Gasteiger partial charge in [0.15, 0.2) is 0 Å². The summed E-state index contributed by atoms with van der Waals surface area (Å²) in [6.07, 6.45) is 3.53. The molecule has 0 radical (unpaired) electrons. The fourth-order valence-corrected chi connectivity index (χ4v) is 5.46. The molecular weight excluding hydrogens is 428 g/mol. The normalized spacial score (nSPS) is 13.9. The summed E-state index contributed by atoms with van der Waals surface area (Å²) in [6, 6.07) is 17.5. The van der Waals surface area contributed by atoms with Gasteiger partial charge in [0.1, 0.15) is 0 Å². The topological polar surface area (TPSA) is 44.5 Å². The van der Waals surface area contributed by atoms with Gasteiger partial charge in [-0.2, -0.15) is 0 Å². The number of aryl methyl sites for hydroxylation is 5. The Bertz CT molecular complexity index is 1210. The van der Waals surface area contributed by atoms with E-state index in [1.54, 1.807) is 6.20 Å². The molecule has 0 aromatic heterocycles. The fourth-order valence-electron chi connectivity index (χ4n) is 5.46. The number of anilines is 2. The van der Waals surface area contributed by atoms with Crippen molar-refractivity contribution in [1.29, 1.82) is 0 Å². The summed E-state index contributed by atoms with van der Waals surface area (Å²) in [5, 5.41) is 3.52. The van der Waals surface area contributed by atoms with Crippen LogP contribution in [0, 0.1) is 34.6 Å². The Balaban J connectivity index is 1.51. The predicted molar refractivity (Wildman–Crippen MR) is 152 cm³/mol. The lowest BCUT2D eigenvalue weighted by atomic mass is 10.0. The van der Waals surface area contributed by atoms with Gasteiger partial charge in [-0.3, -0.25) is 0 Å². The Morgan fingerprint density at radius 2 is 1.37 bits per heavy atom. The number of nitrogens with zero attached hydrogens (tertiary/aromatic N) is 2. The van der Waals surface area contributed by atoms with Crippen molar-refractivity contribution in [1.82, 2.24) is 5.32 Å². The summed E-state index contributed by atoms with van der Waals surface area (Å²) < 4.78 is 0. The molecule has 0 amide bonds. The first-order chi connectivity index (χ1) is 16.8. The Hall–Kier alpha value is -3.66.